The second-order valence-electron chi connectivity index (χ2n) is 4.47. The molecule has 0 bridgehead atoms. The highest BCUT2D eigenvalue weighted by Crippen LogP contribution is 2.39. The standard InChI is InChI=1S/C13H11NO5/c1-7(15)9-3-11-12(19-6-18-11)4-10(9)14-5-8(16)2-13(14)17/h3-4H,2,5-6H2,1H3. The molecular weight excluding hydrogens is 250 g/mol. The summed E-state index contributed by atoms with van der Waals surface area (Å²) in [5.41, 5.74) is 0.764. The average molecular weight is 261 g/mol. The van der Waals surface area contributed by atoms with E-state index in [1.807, 2.05) is 0 Å². The number of nitrogens with zero attached hydrogens (tertiary/aromatic N) is 1. The molecule has 1 fully saturated rings. The molecule has 1 aromatic rings. The van der Waals surface area contributed by atoms with Crippen molar-refractivity contribution in [1.82, 2.24) is 0 Å². The Hall–Kier alpha value is -2.37. The van der Waals surface area contributed by atoms with Crippen molar-refractivity contribution in [3.8, 4) is 11.5 Å². The maximum Gasteiger partial charge on any atom is 0.234 e. The fourth-order valence-corrected chi connectivity index (χ4v) is 2.24. The third-order valence-electron chi connectivity index (χ3n) is 3.14. The predicted octanol–water partition coefficient (Wildman–Crippen LogP) is 0.924. The number of Topliss-reactive ketones (excluding diaryl/α,β-unsaturated/α-hetero) is 2. The number of amides is 1. The fourth-order valence-electron chi connectivity index (χ4n) is 2.24. The van der Waals surface area contributed by atoms with E-state index in [2.05, 4.69) is 0 Å². The Morgan fingerprint density at radius 2 is 1.89 bits per heavy atom. The third-order valence-corrected chi connectivity index (χ3v) is 3.14. The number of ketones is 2. The SMILES string of the molecule is CC(=O)c1cc2c(cc1N1CC(=O)CC1=O)OCO2. The van der Waals surface area contributed by atoms with Gasteiger partial charge in [-0.1, -0.05) is 0 Å². The predicted molar refractivity (Wildman–Crippen MR) is 64.5 cm³/mol. The number of benzene rings is 1. The van der Waals surface area contributed by atoms with E-state index in [1.54, 1.807) is 12.1 Å². The van der Waals surface area contributed by atoms with Gasteiger partial charge < -0.3 is 14.4 Å². The highest BCUT2D eigenvalue weighted by atomic mass is 16.7. The van der Waals surface area contributed by atoms with Gasteiger partial charge in [-0.25, -0.2) is 0 Å². The molecule has 0 spiro atoms. The van der Waals surface area contributed by atoms with Crippen LogP contribution in [0.25, 0.3) is 0 Å². The average Bonchev–Trinajstić information content (AvgIpc) is 2.92. The Morgan fingerprint density at radius 3 is 2.47 bits per heavy atom. The summed E-state index contributed by atoms with van der Waals surface area (Å²) in [7, 11) is 0. The maximum absolute atomic E-state index is 11.8. The second kappa shape index (κ2) is 4.08. The minimum absolute atomic E-state index is 0.00123. The smallest absolute Gasteiger partial charge is 0.234 e. The summed E-state index contributed by atoms with van der Waals surface area (Å²) in [4.78, 5) is 36.1. The minimum atomic E-state index is -0.300. The van der Waals surface area contributed by atoms with Gasteiger partial charge >= 0.3 is 0 Å². The molecule has 0 unspecified atom stereocenters. The van der Waals surface area contributed by atoms with Crippen molar-refractivity contribution in [2.75, 3.05) is 18.2 Å². The molecule has 0 aliphatic carbocycles. The van der Waals surface area contributed by atoms with Crippen molar-refractivity contribution in [1.29, 1.82) is 0 Å². The molecular formula is C13H11NO5. The zero-order chi connectivity index (χ0) is 13.6. The van der Waals surface area contributed by atoms with Gasteiger partial charge in [-0.2, -0.15) is 0 Å². The van der Waals surface area contributed by atoms with Crippen molar-refractivity contribution >= 4 is 23.2 Å². The van der Waals surface area contributed by atoms with Crippen LogP contribution in [0.1, 0.15) is 23.7 Å². The van der Waals surface area contributed by atoms with Crippen LogP contribution in [-0.2, 0) is 9.59 Å². The Kier molecular flexibility index (Phi) is 2.51. The van der Waals surface area contributed by atoms with E-state index in [0.29, 0.717) is 22.7 Å². The Bertz CT molecular complexity index is 607. The van der Waals surface area contributed by atoms with Crippen LogP contribution in [-0.4, -0.2) is 30.8 Å². The lowest BCUT2D eigenvalue weighted by Crippen LogP contribution is -2.26. The number of carbonyl (C=O) groups is 3. The van der Waals surface area contributed by atoms with E-state index < -0.39 is 0 Å². The minimum Gasteiger partial charge on any atom is -0.454 e. The fraction of sp³-hybridized carbons (Fsp3) is 0.308. The van der Waals surface area contributed by atoms with Crippen LogP contribution >= 0.6 is 0 Å². The van der Waals surface area contributed by atoms with Gasteiger partial charge in [-0.3, -0.25) is 14.4 Å². The third kappa shape index (κ3) is 1.85. The van der Waals surface area contributed by atoms with Crippen LogP contribution < -0.4 is 14.4 Å². The zero-order valence-corrected chi connectivity index (χ0v) is 10.3. The van der Waals surface area contributed by atoms with Crippen molar-refractivity contribution in [3.63, 3.8) is 0 Å². The van der Waals surface area contributed by atoms with Gasteiger partial charge in [-0.15, -0.1) is 0 Å². The molecule has 2 aliphatic rings. The molecule has 0 radical (unpaired) electrons. The summed E-state index contributed by atoms with van der Waals surface area (Å²) in [5.74, 6) is 0.308. The molecule has 1 amide bonds. The molecule has 3 rings (SSSR count). The first kappa shape index (κ1) is 11.7. The number of hydrogen-bond acceptors (Lipinski definition) is 5. The van der Waals surface area contributed by atoms with Gasteiger partial charge in [0.15, 0.2) is 23.1 Å². The first-order chi connectivity index (χ1) is 9.06. The largest absolute Gasteiger partial charge is 0.454 e. The van der Waals surface area contributed by atoms with Crippen LogP contribution in [0.4, 0.5) is 5.69 Å². The van der Waals surface area contributed by atoms with Gasteiger partial charge in [0.25, 0.3) is 0 Å². The second-order valence-corrected chi connectivity index (χ2v) is 4.47. The Balaban J connectivity index is 2.11. The molecule has 98 valence electrons. The van der Waals surface area contributed by atoms with Crippen LogP contribution in [0.2, 0.25) is 0 Å². The first-order valence-corrected chi connectivity index (χ1v) is 5.83. The molecule has 6 heteroatoms. The highest BCUT2D eigenvalue weighted by Gasteiger charge is 2.32. The Labute approximate surface area is 108 Å². The lowest BCUT2D eigenvalue weighted by atomic mass is 10.1. The van der Waals surface area contributed by atoms with Gasteiger partial charge in [0.05, 0.1) is 18.7 Å². The molecule has 19 heavy (non-hydrogen) atoms. The van der Waals surface area contributed by atoms with Gasteiger partial charge in [0.1, 0.15) is 0 Å². The highest BCUT2D eigenvalue weighted by molar-refractivity contribution is 6.17. The van der Waals surface area contributed by atoms with E-state index in [0.717, 1.165) is 0 Å². The lowest BCUT2D eigenvalue weighted by molar-refractivity contribution is -0.121. The molecule has 0 N–H and O–H groups in total. The molecule has 1 saturated heterocycles. The van der Waals surface area contributed by atoms with E-state index in [-0.39, 0.29) is 37.2 Å². The van der Waals surface area contributed by atoms with E-state index in [9.17, 15) is 14.4 Å². The number of hydrogen-bond donors (Lipinski definition) is 0. The summed E-state index contributed by atoms with van der Waals surface area (Å²) >= 11 is 0. The summed E-state index contributed by atoms with van der Waals surface area (Å²) in [6, 6.07) is 3.13. The van der Waals surface area contributed by atoms with Crippen molar-refractivity contribution < 1.29 is 23.9 Å². The van der Waals surface area contributed by atoms with E-state index in [1.165, 1.54) is 11.8 Å². The van der Waals surface area contributed by atoms with Crippen molar-refractivity contribution in [2.45, 2.75) is 13.3 Å². The van der Waals surface area contributed by atoms with E-state index in [4.69, 9.17) is 9.47 Å². The quantitative estimate of drug-likeness (QED) is 0.584. The van der Waals surface area contributed by atoms with Crippen LogP contribution in [0.5, 0.6) is 11.5 Å². The molecule has 0 aromatic heterocycles. The van der Waals surface area contributed by atoms with Gasteiger partial charge in [0.2, 0.25) is 12.7 Å². The summed E-state index contributed by atoms with van der Waals surface area (Å²) < 4.78 is 10.4. The number of carbonyl (C=O) groups excluding carboxylic acids is 3. The molecule has 2 heterocycles. The summed E-state index contributed by atoms with van der Waals surface area (Å²) in [6.45, 7) is 1.49. The topological polar surface area (TPSA) is 72.9 Å². The maximum atomic E-state index is 11.8. The number of anilines is 1. The monoisotopic (exact) mass is 261 g/mol. The van der Waals surface area contributed by atoms with Crippen LogP contribution in [0.3, 0.4) is 0 Å². The summed E-state index contributed by atoms with van der Waals surface area (Å²) in [5, 5.41) is 0. The Morgan fingerprint density at radius 1 is 1.21 bits per heavy atom. The summed E-state index contributed by atoms with van der Waals surface area (Å²) in [6.07, 6.45) is -0.119. The molecule has 6 nitrogen and oxygen atoms in total. The van der Waals surface area contributed by atoms with Crippen LogP contribution in [0, 0.1) is 0 Å². The van der Waals surface area contributed by atoms with Gasteiger partial charge in [0, 0.05) is 11.6 Å². The molecule has 1 aromatic carbocycles. The van der Waals surface area contributed by atoms with Gasteiger partial charge in [-0.05, 0) is 13.0 Å². The lowest BCUT2D eigenvalue weighted by Gasteiger charge is -2.18. The molecule has 0 atom stereocenters. The number of ether oxygens (including phenoxy) is 2. The van der Waals surface area contributed by atoms with E-state index >= 15 is 0 Å². The number of rotatable bonds is 2. The first-order valence-electron chi connectivity index (χ1n) is 5.83. The number of fused-ring (bicyclic) bond motifs is 1. The van der Waals surface area contributed by atoms with Crippen molar-refractivity contribution in [2.24, 2.45) is 0 Å². The molecule has 2 aliphatic heterocycles. The van der Waals surface area contributed by atoms with Crippen molar-refractivity contribution in [3.05, 3.63) is 17.7 Å². The molecule has 0 saturated carbocycles. The van der Waals surface area contributed by atoms with Crippen LogP contribution in [0.15, 0.2) is 12.1 Å². The zero-order valence-electron chi connectivity index (χ0n) is 10.3. The normalized spacial score (nSPS) is 17.2.